The molecule has 0 fully saturated rings. The summed E-state index contributed by atoms with van der Waals surface area (Å²) in [5, 5.41) is 10.5. The van der Waals surface area contributed by atoms with Gasteiger partial charge >= 0.3 is 0 Å². The molecule has 0 saturated carbocycles. The summed E-state index contributed by atoms with van der Waals surface area (Å²) in [7, 11) is 0. The molecule has 37 heavy (non-hydrogen) atoms. The molecule has 0 spiro atoms. The Hall–Kier alpha value is -3.99. The Morgan fingerprint density at radius 3 is 2.32 bits per heavy atom. The van der Waals surface area contributed by atoms with Crippen molar-refractivity contribution in [3.05, 3.63) is 102 Å². The van der Waals surface area contributed by atoms with Gasteiger partial charge in [-0.3, -0.25) is 9.78 Å². The molecule has 0 aliphatic heterocycles. The van der Waals surface area contributed by atoms with E-state index in [9.17, 15) is 4.79 Å². The summed E-state index contributed by atoms with van der Waals surface area (Å²) in [5.41, 5.74) is 7.10. The zero-order valence-corrected chi connectivity index (χ0v) is 22.9. The van der Waals surface area contributed by atoms with Crippen LogP contribution in [0.25, 0.3) is 55.6 Å². The minimum atomic E-state index is -0.125. The second kappa shape index (κ2) is 11.0. The van der Waals surface area contributed by atoms with Crippen LogP contribution < -0.4 is 0 Å². The molecule has 6 heteroatoms. The van der Waals surface area contributed by atoms with Gasteiger partial charge in [-0.05, 0) is 38.6 Å². The number of aliphatic hydroxyl groups is 1. The van der Waals surface area contributed by atoms with Crippen LogP contribution in [0.5, 0.6) is 0 Å². The van der Waals surface area contributed by atoms with Gasteiger partial charge in [0.25, 0.3) is 0 Å². The van der Waals surface area contributed by atoms with Gasteiger partial charge in [0, 0.05) is 42.7 Å². The Kier molecular flexibility index (Phi) is 7.72. The largest absolute Gasteiger partial charge is 0.512 e. The number of ketones is 1. The van der Waals surface area contributed by atoms with Gasteiger partial charge in [0.05, 0.1) is 11.3 Å². The molecule has 1 radical (unpaired) electrons. The number of allylic oxidation sites excluding steroid dienone is 2. The maximum absolute atomic E-state index is 10.0. The molecule has 187 valence electrons. The Labute approximate surface area is 227 Å². The van der Waals surface area contributed by atoms with E-state index in [1.165, 1.54) is 19.9 Å². The van der Waals surface area contributed by atoms with Crippen molar-refractivity contribution in [2.75, 3.05) is 0 Å². The second-order valence-corrected chi connectivity index (χ2v) is 8.56. The fraction of sp³-hybridized carbons (Fsp3) is 0.0968. The predicted octanol–water partition coefficient (Wildman–Crippen LogP) is 8.20. The van der Waals surface area contributed by atoms with Crippen molar-refractivity contribution in [2.24, 2.45) is 0 Å². The van der Waals surface area contributed by atoms with Gasteiger partial charge in [-0.2, -0.15) is 0 Å². The Morgan fingerprint density at radius 1 is 0.892 bits per heavy atom. The summed E-state index contributed by atoms with van der Waals surface area (Å²) in [4.78, 5) is 14.9. The topological polar surface area (TPSA) is 76.5 Å². The van der Waals surface area contributed by atoms with Crippen LogP contribution >= 0.6 is 0 Å². The molecule has 0 saturated heterocycles. The monoisotopic (exact) mass is 667 g/mol. The Bertz CT molecular complexity index is 1740. The van der Waals surface area contributed by atoms with E-state index in [4.69, 9.17) is 18.9 Å². The quantitative estimate of drug-likeness (QED) is 0.117. The van der Waals surface area contributed by atoms with Crippen LogP contribution in [0.3, 0.4) is 0 Å². The fourth-order valence-electron chi connectivity index (χ4n) is 4.27. The molecular formula is C31H24IrNO4-. The number of aryl methyl sites for hydroxylation is 1. The maximum atomic E-state index is 10.0. The van der Waals surface area contributed by atoms with Crippen molar-refractivity contribution in [3.8, 4) is 22.6 Å². The molecule has 0 atom stereocenters. The molecular weight excluding hydrogens is 643 g/mol. The van der Waals surface area contributed by atoms with Crippen molar-refractivity contribution in [3.63, 3.8) is 0 Å². The van der Waals surface area contributed by atoms with E-state index in [-0.39, 0.29) is 31.6 Å². The molecule has 6 rings (SSSR count). The van der Waals surface area contributed by atoms with Crippen LogP contribution in [0, 0.1) is 13.0 Å². The van der Waals surface area contributed by atoms with Crippen LogP contribution in [-0.2, 0) is 24.9 Å². The van der Waals surface area contributed by atoms with Crippen LogP contribution in [0.4, 0.5) is 0 Å². The molecule has 0 bridgehead atoms. The zero-order chi connectivity index (χ0) is 25.2. The van der Waals surface area contributed by atoms with Gasteiger partial charge in [-0.15, -0.1) is 18.2 Å². The van der Waals surface area contributed by atoms with E-state index in [0.29, 0.717) is 0 Å². The minimum absolute atomic E-state index is 0. The molecule has 0 unspecified atom stereocenters. The Balaban J connectivity index is 0.000000356. The normalized spacial score (nSPS) is 11.3. The van der Waals surface area contributed by atoms with Crippen molar-refractivity contribution >= 4 is 38.8 Å². The third kappa shape index (κ3) is 5.26. The first kappa shape index (κ1) is 26.1. The van der Waals surface area contributed by atoms with Crippen molar-refractivity contribution in [1.29, 1.82) is 0 Å². The number of carbonyl (C=O) groups is 1. The number of benzene rings is 3. The van der Waals surface area contributed by atoms with Gasteiger partial charge in [-0.1, -0.05) is 65.5 Å². The summed E-state index contributed by atoms with van der Waals surface area (Å²) in [6.45, 7) is 4.90. The average Bonchev–Trinajstić information content (AvgIpc) is 3.41. The summed E-state index contributed by atoms with van der Waals surface area (Å²) >= 11 is 0. The molecule has 6 aromatic rings. The number of nitrogens with zero attached hydrogens (tertiary/aromatic N) is 1. The number of furan rings is 2. The number of aliphatic hydroxyl groups excluding tert-OH is 1. The second-order valence-electron chi connectivity index (χ2n) is 8.56. The standard InChI is InChI=1S/C26H16NO2.C5H8O2.Ir/c1-16-24-23(29-25(16)17-8-3-2-4-9-17)15-14-21(27-24)20-12-7-11-19-18-10-5-6-13-22(18)28-26(19)20;1-4(6)3-5(2)7;/h2-11,13-15H,1H3;3,6H,1-2H3;/q-1;;/b;4-3-;. The number of para-hydroxylation sites is 1. The SMILES string of the molecule is CC(=O)/C=C(/C)O.Cc1c(-c2ccccc2)oc2ccc(-c3[c-]ccc4c3oc3ccccc34)nc12.[Ir]. The van der Waals surface area contributed by atoms with Crippen molar-refractivity contribution < 1.29 is 38.8 Å². The van der Waals surface area contributed by atoms with E-state index in [1.54, 1.807) is 0 Å². The van der Waals surface area contributed by atoms with E-state index in [2.05, 4.69) is 31.2 Å². The van der Waals surface area contributed by atoms with Gasteiger partial charge in [0.2, 0.25) is 0 Å². The van der Waals surface area contributed by atoms with Gasteiger partial charge in [0.15, 0.2) is 11.4 Å². The van der Waals surface area contributed by atoms with E-state index in [1.807, 2.05) is 60.7 Å². The van der Waals surface area contributed by atoms with Crippen molar-refractivity contribution in [2.45, 2.75) is 20.8 Å². The third-order valence-electron chi connectivity index (χ3n) is 5.81. The van der Waals surface area contributed by atoms with E-state index >= 15 is 0 Å². The average molecular weight is 667 g/mol. The maximum Gasteiger partial charge on any atom is 0.155 e. The molecule has 3 heterocycles. The van der Waals surface area contributed by atoms with Gasteiger partial charge in [0.1, 0.15) is 16.9 Å². The molecule has 3 aromatic carbocycles. The van der Waals surface area contributed by atoms with Crippen LogP contribution in [-0.4, -0.2) is 15.9 Å². The first-order chi connectivity index (χ1) is 17.4. The number of carbonyl (C=O) groups excluding carboxylic acids is 1. The summed E-state index contributed by atoms with van der Waals surface area (Å²) in [5.74, 6) is 0.795. The predicted molar refractivity (Wildman–Crippen MR) is 143 cm³/mol. The summed E-state index contributed by atoms with van der Waals surface area (Å²) in [6.07, 6.45) is 1.17. The zero-order valence-electron chi connectivity index (χ0n) is 20.5. The number of aromatic nitrogens is 1. The summed E-state index contributed by atoms with van der Waals surface area (Å²) < 4.78 is 12.3. The number of rotatable bonds is 3. The first-order valence-corrected chi connectivity index (χ1v) is 11.6. The molecule has 0 amide bonds. The fourth-order valence-corrected chi connectivity index (χ4v) is 4.27. The van der Waals surface area contributed by atoms with E-state index < -0.39 is 0 Å². The van der Waals surface area contributed by atoms with Gasteiger partial charge in [-0.25, -0.2) is 0 Å². The molecule has 0 aliphatic rings. The number of hydrogen-bond donors (Lipinski definition) is 1. The number of fused-ring (bicyclic) bond motifs is 4. The smallest absolute Gasteiger partial charge is 0.155 e. The van der Waals surface area contributed by atoms with Gasteiger partial charge < -0.3 is 13.9 Å². The van der Waals surface area contributed by atoms with E-state index in [0.717, 1.165) is 61.2 Å². The molecule has 0 aliphatic carbocycles. The molecule has 5 nitrogen and oxygen atoms in total. The third-order valence-corrected chi connectivity index (χ3v) is 5.81. The van der Waals surface area contributed by atoms with Crippen molar-refractivity contribution in [1.82, 2.24) is 4.98 Å². The summed E-state index contributed by atoms with van der Waals surface area (Å²) in [6, 6.07) is 29.5. The molecule has 1 N–H and O–H groups in total. The van der Waals surface area contributed by atoms with Crippen LogP contribution in [0.15, 0.2) is 99.5 Å². The molecule has 3 aromatic heterocycles. The number of hydrogen-bond acceptors (Lipinski definition) is 5. The first-order valence-electron chi connectivity index (χ1n) is 11.6. The Morgan fingerprint density at radius 2 is 1.62 bits per heavy atom. The minimum Gasteiger partial charge on any atom is -0.512 e. The van der Waals surface area contributed by atoms with Crippen LogP contribution in [0.2, 0.25) is 0 Å². The van der Waals surface area contributed by atoms with Crippen LogP contribution in [0.1, 0.15) is 19.4 Å². The number of pyridine rings is 1.